The second-order valence-corrected chi connectivity index (χ2v) is 4.20. The molecule has 0 saturated carbocycles. The zero-order valence-electron chi connectivity index (χ0n) is 8.59. The minimum atomic E-state index is -0.281. The Morgan fingerprint density at radius 3 is 2.73 bits per heavy atom. The van der Waals surface area contributed by atoms with E-state index in [9.17, 15) is 4.79 Å². The summed E-state index contributed by atoms with van der Waals surface area (Å²) in [5.41, 5.74) is 1.88. The molecule has 0 aromatic heterocycles. The van der Waals surface area contributed by atoms with Crippen LogP contribution in [0.1, 0.15) is 24.0 Å². The summed E-state index contributed by atoms with van der Waals surface area (Å²) in [6.45, 7) is 1.80. The van der Waals surface area contributed by atoms with Gasteiger partial charge in [0, 0.05) is 10.4 Å². The Kier molecular flexibility index (Phi) is 4.61. The molecule has 0 heterocycles. The van der Waals surface area contributed by atoms with Gasteiger partial charge in [0.2, 0.25) is 0 Å². The van der Waals surface area contributed by atoms with E-state index in [1.807, 2.05) is 12.1 Å². The molecule has 0 saturated heterocycles. The third-order valence-electron chi connectivity index (χ3n) is 2.28. The Morgan fingerprint density at radius 1 is 1.60 bits per heavy atom. The minimum Gasteiger partial charge on any atom is -0.469 e. The standard InChI is InChI=1S/C11H12BrClO2/c1-7(11(14)15-2)8-3-4-9(6-12)10(13)5-8/h3-5,7H,6H2,1-2H3. The minimum absolute atomic E-state index is 0.252. The fourth-order valence-electron chi connectivity index (χ4n) is 1.25. The lowest BCUT2D eigenvalue weighted by Crippen LogP contribution is -2.10. The van der Waals surface area contributed by atoms with E-state index < -0.39 is 0 Å². The molecular formula is C11H12BrClO2. The number of ether oxygens (including phenoxy) is 1. The van der Waals surface area contributed by atoms with Crippen molar-refractivity contribution >= 4 is 33.5 Å². The van der Waals surface area contributed by atoms with Gasteiger partial charge in [-0.1, -0.05) is 39.7 Å². The third kappa shape index (κ3) is 2.95. The molecular weight excluding hydrogens is 279 g/mol. The van der Waals surface area contributed by atoms with Crippen molar-refractivity contribution in [3.05, 3.63) is 34.3 Å². The van der Waals surface area contributed by atoms with E-state index in [-0.39, 0.29) is 11.9 Å². The van der Waals surface area contributed by atoms with Crippen molar-refractivity contribution in [3.8, 4) is 0 Å². The van der Waals surface area contributed by atoms with Crippen LogP contribution in [0.4, 0.5) is 0 Å². The van der Waals surface area contributed by atoms with E-state index in [0.29, 0.717) is 10.4 Å². The molecule has 0 amide bonds. The monoisotopic (exact) mass is 290 g/mol. The second-order valence-electron chi connectivity index (χ2n) is 3.23. The SMILES string of the molecule is COC(=O)C(C)c1ccc(CBr)c(Cl)c1. The second kappa shape index (κ2) is 5.52. The molecule has 0 N–H and O–H groups in total. The number of hydrogen-bond acceptors (Lipinski definition) is 2. The molecule has 0 fully saturated rings. The molecule has 2 nitrogen and oxygen atoms in total. The van der Waals surface area contributed by atoms with Crippen LogP contribution in [0.3, 0.4) is 0 Å². The molecule has 1 unspecified atom stereocenters. The molecule has 0 aliphatic carbocycles. The molecule has 0 aliphatic rings. The van der Waals surface area contributed by atoms with Crippen LogP contribution < -0.4 is 0 Å². The first kappa shape index (κ1) is 12.5. The van der Waals surface area contributed by atoms with Crippen LogP contribution in [0, 0.1) is 0 Å². The van der Waals surface area contributed by atoms with Crippen molar-refractivity contribution in [2.75, 3.05) is 7.11 Å². The summed E-state index contributed by atoms with van der Waals surface area (Å²) in [5, 5.41) is 1.37. The molecule has 1 rings (SSSR count). The van der Waals surface area contributed by atoms with Crippen LogP contribution in [0.15, 0.2) is 18.2 Å². The summed E-state index contributed by atoms with van der Waals surface area (Å²) in [7, 11) is 1.38. The van der Waals surface area contributed by atoms with Gasteiger partial charge in [-0.2, -0.15) is 0 Å². The summed E-state index contributed by atoms with van der Waals surface area (Å²) in [6.07, 6.45) is 0. The fourth-order valence-corrected chi connectivity index (χ4v) is 2.16. The molecule has 0 radical (unpaired) electrons. The number of benzene rings is 1. The van der Waals surface area contributed by atoms with E-state index in [1.54, 1.807) is 13.0 Å². The van der Waals surface area contributed by atoms with Crippen molar-refractivity contribution in [3.63, 3.8) is 0 Å². The van der Waals surface area contributed by atoms with E-state index in [4.69, 9.17) is 11.6 Å². The number of carbonyl (C=O) groups is 1. The maximum Gasteiger partial charge on any atom is 0.312 e. The maximum absolute atomic E-state index is 11.3. The number of alkyl halides is 1. The number of esters is 1. The molecule has 0 aliphatic heterocycles. The predicted octanol–water partition coefficient (Wildman–Crippen LogP) is 3.51. The van der Waals surface area contributed by atoms with Gasteiger partial charge in [0.15, 0.2) is 0 Å². The van der Waals surface area contributed by atoms with E-state index in [0.717, 1.165) is 11.1 Å². The number of halogens is 2. The summed E-state index contributed by atoms with van der Waals surface area (Å²) in [5.74, 6) is -0.533. The van der Waals surface area contributed by atoms with Crippen LogP contribution in [0.5, 0.6) is 0 Å². The number of rotatable bonds is 3. The molecule has 0 bridgehead atoms. The molecule has 4 heteroatoms. The van der Waals surface area contributed by atoms with Gasteiger partial charge in [0.05, 0.1) is 13.0 Å². The van der Waals surface area contributed by atoms with E-state index >= 15 is 0 Å². The van der Waals surface area contributed by atoms with E-state index in [1.165, 1.54) is 7.11 Å². The van der Waals surface area contributed by atoms with Crippen LogP contribution in [-0.4, -0.2) is 13.1 Å². The highest BCUT2D eigenvalue weighted by Crippen LogP contribution is 2.25. The molecule has 1 aromatic rings. The molecule has 1 atom stereocenters. The van der Waals surface area contributed by atoms with Gasteiger partial charge < -0.3 is 4.74 Å². The summed E-state index contributed by atoms with van der Waals surface area (Å²) < 4.78 is 4.67. The summed E-state index contributed by atoms with van der Waals surface area (Å²) >= 11 is 9.38. The van der Waals surface area contributed by atoms with Crippen molar-refractivity contribution < 1.29 is 9.53 Å². The Labute approximate surface area is 103 Å². The molecule has 82 valence electrons. The van der Waals surface area contributed by atoms with Gasteiger partial charge in [0.25, 0.3) is 0 Å². The fraction of sp³-hybridized carbons (Fsp3) is 0.364. The average Bonchev–Trinajstić information content (AvgIpc) is 2.26. The highest BCUT2D eigenvalue weighted by atomic mass is 79.9. The Balaban J connectivity index is 2.97. The first-order valence-electron chi connectivity index (χ1n) is 4.52. The lowest BCUT2D eigenvalue weighted by atomic mass is 10.0. The third-order valence-corrected chi connectivity index (χ3v) is 3.23. The van der Waals surface area contributed by atoms with Crippen molar-refractivity contribution in [1.82, 2.24) is 0 Å². The van der Waals surface area contributed by atoms with Crippen LogP contribution >= 0.6 is 27.5 Å². The van der Waals surface area contributed by atoms with Crippen molar-refractivity contribution in [2.45, 2.75) is 18.2 Å². The smallest absolute Gasteiger partial charge is 0.312 e. The van der Waals surface area contributed by atoms with Crippen LogP contribution in [0.25, 0.3) is 0 Å². The lowest BCUT2D eigenvalue weighted by Gasteiger charge is -2.10. The molecule has 0 spiro atoms. The normalized spacial score (nSPS) is 12.3. The first-order valence-corrected chi connectivity index (χ1v) is 6.02. The predicted molar refractivity (Wildman–Crippen MR) is 64.5 cm³/mol. The van der Waals surface area contributed by atoms with Crippen molar-refractivity contribution in [1.29, 1.82) is 0 Å². The average molecular weight is 292 g/mol. The van der Waals surface area contributed by atoms with Gasteiger partial charge in [-0.25, -0.2) is 0 Å². The highest BCUT2D eigenvalue weighted by molar-refractivity contribution is 9.08. The lowest BCUT2D eigenvalue weighted by molar-refractivity contribution is -0.141. The highest BCUT2D eigenvalue weighted by Gasteiger charge is 2.16. The summed E-state index contributed by atoms with van der Waals surface area (Å²) in [6, 6.07) is 5.61. The summed E-state index contributed by atoms with van der Waals surface area (Å²) in [4.78, 5) is 11.3. The van der Waals surface area contributed by atoms with Gasteiger partial charge in [-0.05, 0) is 24.1 Å². The molecule has 1 aromatic carbocycles. The Hall–Kier alpha value is -0.540. The maximum atomic E-state index is 11.3. The largest absolute Gasteiger partial charge is 0.469 e. The van der Waals surface area contributed by atoms with Crippen LogP contribution in [-0.2, 0) is 14.9 Å². The van der Waals surface area contributed by atoms with Gasteiger partial charge >= 0.3 is 5.97 Å². The van der Waals surface area contributed by atoms with Crippen molar-refractivity contribution in [2.24, 2.45) is 0 Å². The van der Waals surface area contributed by atoms with E-state index in [2.05, 4.69) is 20.7 Å². The number of methoxy groups -OCH3 is 1. The van der Waals surface area contributed by atoms with Gasteiger partial charge in [-0.15, -0.1) is 0 Å². The molecule has 15 heavy (non-hydrogen) atoms. The van der Waals surface area contributed by atoms with Crippen LogP contribution in [0.2, 0.25) is 5.02 Å². The quantitative estimate of drug-likeness (QED) is 0.629. The topological polar surface area (TPSA) is 26.3 Å². The first-order chi connectivity index (χ1) is 7.10. The zero-order chi connectivity index (χ0) is 11.4. The Bertz CT molecular complexity index is 366. The number of hydrogen-bond donors (Lipinski definition) is 0. The van der Waals surface area contributed by atoms with Gasteiger partial charge in [-0.3, -0.25) is 4.79 Å². The van der Waals surface area contributed by atoms with Gasteiger partial charge in [0.1, 0.15) is 0 Å². The zero-order valence-corrected chi connectivity index (χ0v) is 10.9. The number of carbonyl (C=O) groups excluding carboxylic acids is 1. The Morgan fingerprint density at radius 2 is 2.27 bits per heavy atom.